The summed E-state index contributed by atoms with van der Waals surface area (Å²) in [6, 6.07) is 13.6. The Balaban J connectivity index is 1.75. The molecule has 1 aliphatic carbocycles. The molecule has 0 atom stereocenters. The number of hydrogen-bond donors (Lipinski definition) is 0. The zero-order valence-corrected chi connectivity index (χ0v) is 13.5. The van der Waals surface area contributed by atoms with Gasteiger partial charge in [-0.3, -0.25) is 9.78 Å². The third-order valence-corrected chi connectivity index (χ3v) is 4.73. The maximum atomic E-state index is 12.9. The van der Waals surface area contributed by atoms with Crippen LogP contribution in [0.3, 0.4) is 0 Å². The molecule has 0 radical (unpaired) electrons. The molecule has 1 fully saturated rings. The first-order valence-corrected chi connectivity index (χ1v) is 8.61. The molecule has 0 N–H and O–H groups in total. The lowest BCUT2D eigenvalue weighted by atomic mass is 9.87. The SMILES string of the molecule is O=C(c1ccncc1)N(CCC1CCCCC1)c1ccccc1. The van der Waals surface area contributed by atoms with Crippen molar-refractivity contribution in [3.63, 3.8) is 0 Å². The van der Waals surface area contributed by atoms with Crippen molar-refractivity contribution in [2.75, 3.05) is 11.4 Å². The minimum Gasteiger partial charge on any atom is -0.308 e. The molecule has 3 nitrogen and oxygen atoms in total. The van der Waals surface area contributed by atoms with Crippen molar-refractivity contribution < 1.29 is 4.79 Å². The van der Waals surface area contributed by atoms with E-state index in [-0.39, 0.29) is 5.91 Å². The number of carbonyl (C=O) groups is 1. The van der Waals surface area contributed by atoms with Crippen LogP contribution in [0.15, 0.2) is 54.9 Å². The van der Waals surface area contributed by atoms with Crippen molar-refractivity contribution in [2.24, 2.45) is 5.92 Å². The van der Waals surface area contributed by atoms with E-state index in [4.69, 9.17) is 0 Å². The van der Waals surface area contributed by atoms with Gasteiger partial charge in [0.25, 0.3) is 5.91 Å². The first kappa shape index (κ1) is 15.7. The molecule has 1 heterocycles. The van der Waals surface area contributed by atoms with Gasteiger partial charge in [-0.15, -0.1) is 0 Å². The zero-order chi connectivity index (χ0) is 15.9. The summed E-state index contributed by atoms with van der Waals surface area (Å²) in [6.07, 6.45) is 11.1. The molecule has 3 rings (SSSR count). The highest BCUT2D eigenvalue weighted by Gasteiger charge is 2.20. The predicted molar refractivity (Wildman–Crippen MR) is 93.5 cm³/mol. The largest absolute Gasteiger partial charge is 0.308 e. The second-order valence-corrected chi connectivity index (χ2v) is 6.32. The maximum absolute atomic E-state index is 12.9. The Morgan fingerprint density at radius 1 is 1.00 bits per heavy atom. The van der Waals surface area contributed by atoms with Crippen LogP contribution in [0.4, 0.5) is 5.69 Å². The molecule has 1 saturated carbocycles. The zero-order valence-electron chi connectivity index (χ0n) is 13.5. The van der Waals surface area contributed by atoms with Crippen LogP contribution in [-0.2, 0) is 0 Å². The number of benzene rings is 1. The highest BCUT2D eigenvalue weighted by molar-refractivity contribution is 6.05. The number of amides is 1. The number of anilines is 1. The van der Waals surface area contributed by atoms with E-state index >= 15 is 0 Å². The standard InChI is InChI=1S/C20H24N2O/c23-20(18-11-14-21-15-12-18)22(19-9-5-2-6-10-19)16-13-17-7-3-1-4-8-17/h2,5-6,9-12,14-15,17H,1,3-4,7-8,13,16H2. The molecule has 0 unspecified atom stereocenters. The summed E-state index contributed by atoms with van der Waals surface area (Å²) < 4.78 is 0. The first-order chi connectivity index (χ1) is 11.3. The van der Waals surface area contributed by atoms with Crippen molar-refractivity contribution in [3.8, 4) is 0 Å². The van der Waals surface area contributed by atoms with Crippen LogP contribution < -0.4 is 4.90 Å². The molecule has 120 valence electrons. The van der Waals surface area contributed by atoms with Crippen LogP contribution in [0.25, 0.3) is 0 Å². The van der Waals surface area contributed by atoms with E-state index in [2.05, 4.69) is 4.98 Å². The van der Waals surface area contributed by atoms with Crippen molar-refractivity contribution in [3.05, 3.63) is 60.4 Å². The van der Waals surface area contributed by atoms with Gasteiger partial charge in [0.15, 0.2) is 0 Å². The van der Waals surface area contributed by atoms with Gasteiger partial charge >= 0.3 is 0 Å². The van der Waals surface area contributed by atoms with Gasteiger partial charge in [0, 0.05) is 30.2 Å². The summed E-state index contributed by atoms with van der Waals surface area (Å²) in [6.45, 7) is 0.788. The summed E-state index contributed by atoms with van der Waals surface area (Å²) in [5.74, 6) is 0.828. The minimum atomic E-state index is 0.0643. The summed E-state index contributed by atoms with van der Waals surface area (Å²) in [5, 5.41) is 0. The lowest BCUT2D eigenvalue weighted by Gasteiger charge is -2.27. The number of nitrogens with zero attached hydrogens (tertiary/aromatic N) is 2. The van der Waals surface area contributed by atoms with Gasteiger partial charge in [0.05, 0.1) is 0 Å². The normalized spacial score (nSPS) is 15.3. The molecule has 0 aliphatic heterocycles. The Morgan fingerprint density at radius 2 is 1.70 bits per heavy atom. The fourth-order valence-electron chi connectivity index (χ4n) is 3.39. The van der Waals surface area contributed by atoms with E-state index in [9.17, 15) is 4.79 Å². The quantitative estimate of drug-likeness (QED) is 0.802. The summed E-state index contributed by atoms with van der Waals surface area (Å²) in [5.41, 5.74) is 1.68. The summed E-state index contributed by atoms with van der Waals surface area (Å²) in [4.78, 5) is 18.8. The molecule has 1 aromatic heterocycles. The van der Waals surface area contributed by atoms with Gasteiger partial charge < -0.3 is 4.90 Å². The fourth-order valence-corrected chi connectivity index (χ4v) is 3.39. The molecule has 23 heavy (non-hydrogen) atoms. The smallest absolute Gasteiger partial charge is 0.258 e. The highest BCUT2D eigenvalue weighted by atomic mass is 16.2. The topological polar surface area (TPSA) is 33.2 Å². The highest BCUT2D eigenvalue weighted by Crippen LogP contribution is 2.27. The number of hydrogen-bond acceptors (Lipinski definition) is 2. The Labute approximate surface area is 138 Å². The van der Waals surface area contributed by atoms with E-state index in [0.29, 0.717) is 5.56 Å². The van der Waals surface area contributed by atoms with Crippen LogP contribution in [0.2, 0.25) is 0 Å². The number of aromatic nitrogens is 1. The van der Waals surface area contributed by atoms with E-state index in [1.165, 1.54) is 32.1 Å². The summed E-state index contributed by atoms with van der Waals surface area (Å²) in [7, 11) is 0. The molecule has 2 aromatic rings. The number of rotatable bonds is 5. The Morgan fingerprint density at radius 3 is 2.39 bits per heavy atom. The molecule has 0 saturated heterocycles. The number of pyridine rings is 1. The monoisotopic (exact) mass is 308 g/mol. The van der Waals surface area contributed by atoms with Crippen LogP contribution >= 0.6 is 0 Å². The molecule has 1 amide bonds. The molecule has 1 aliphatic rings. The van der Waals surface area contributed by atoms with Crippen molar-refractivity contribution in [2.45, 2.75) is 38.5 Å². The van der Waals surface area contributed by atoms with E-state index in [1.807, 2.05) is 35.2 Å². The Hall–Kier alpha value is -2.16. The average Bonchev–Trinajstić information content (AvgIpc) is 2.64. The maximum Gasteiger partial charge on any atom is 0.258 e. The summed E-state index contributed by atoms with van der Waals surface area (Å²) >= 11 is 0. The molecule has 1 aromatic carbocycles. The molecule has 0 bridgehead atoms. The van der Waals surface area contributed by atoms with Gasteiger partial charge in [0.1, 0.15) is 0 Å². The average molecular weight is 308 g/mol. The minimum absolute atomic E-state index is 0.0643. The van der Waals surface area contributed by atoms with Crippen LogP contribution in [0.1, 0.15) is 48.9 Å². The third-order valence-electron chi connectivity index (χ3n) is 4.73. The van der Waals surface area contributed by atoms with Gasteiger partial charge in [-0.1, -0.05) is 50.3 Å². The van der Waals surface area contributed by atoms with Gasteiger partial charge in [-0.2, -0.15) is 0 Å². The molecular formula is C20H24N2O. The second kappa shape index (κ2) is 7.91. The van der Waals surface area contributed by atoms with E-state index in [1.54, 1.807) is 24.5 Å². The van der Waals surface area contributed by atoms with Crippen LogP contribution in [0.5, 0.6) is 0 Å². The van der Waals surface area contributed by atoms with Crippen molar-refractivity contribution in [1.82, 2.24) is 4.98 Å². The lowest BCUT2D eigenvalue weighted by Crippen LogP contribution is -2.33. The molecule has 3 heteroatoms. The number of para-hydroxylation sites is 1. The fraction of sp³-hybridized carbons (Fsp3) is 0.400. The van der Waals surface area contributed by atoms with Gasteiger partial charge in [-0.25, -0.2) is 0 Å². The lowest BCUT2D eigenvalue weighted by molar-refractivity contribution is 0.0984. The van der Waals surface area contributed by atoms with Crippen LogP contribution in [0, 0.1) is 5.92 Å². The van der Waals surface area contributed by atoms with Gasteiger partial charge in [0.2, 0.25) is 0 Å². The molecule has 0 spiro atoms. The first-order valence-electron chi connectivity index (χ1n) is 8.61. The van der Waals surface area contributed by atoms with Crippen molar-refractivity contribution >= 4 is 11.6 Å². The molecular weight excluding hydrogens is 284 g/mol. The third kappa shape index (κ3) is 4.19. The Kier molecular flexibility index (Phi) is 5.41. The van der Waals surface area contributed by atoms with Crippen LogP contribution in [-0.4, -0.2) is 17.4 Å². The number of carbonyl (C=O) groups excluding carboxylic acids is 1. The second-order valence-electron chi connectivity index (χ2n) is 6.32. The predicted octanol–water partition coefficient (Wildman–Crippen LogP) is 4.70. The Bertz CT molecular complexity index is 606. The van der Waals surface area contributed by atoms with E-state index < -0.39 is 0 Å². The van der Waals surface area contributed by atoms with Gasteiger partial charge in [-0.05, 0) is 36.6 Å². The van der Waals surface area contributed by atoms with Crippen molar-refractivity contribution in [1.29, 1.82) is 0 Å². The van der Waals surface area contributed by atoms with E-state index in [0.717, 1.165) is 24.6 Å².